The lowest BCUT2D eigenvalue weighted by Gasteiger charge is -2.34. The number of carbonyl (C=O) groups is 1. The van der Waals surface area contributed by atoms with E-state index < -0.39 is 0 Å². The van der Waals surface area contributed by atoms with Gasteiger partial charge in [0.25, 0.3) is 0 Å². The molecule has 3 heterocycles. The molecule has 3 aromatic rings. The minimum Gasteiger partial charge on any atom is -0.361 e. The molecule has 1 aliphatic rings. The number of H-pyrrole nitrogens is 1. The standard InChI is InChI=1S/C21H26N6O/c28-20(22-10-6-17-16-25-19-5-2-1-4-18(17)19)7-11-26-12-14-27(15-13-26)21-23-8-3-9-24-21/h1-5,8-9,16,25H,6-7,10-15H2,(H,22,28). The summed E-state index contributed by atoms with van der Waals surface area (Å²) in [5.41, 5.74) is 2.39. The monoisotopic (exact) mass is 378 g/mol. The fourth-order valence-electron chi connectivity index (χ4n) is 3.65. The van der Waals surface area contributed by atoms with Crippen LogP contribution in [0.2, 0.25) is 0 Å². The van der Waals surface area contributed by atoms with Gasteiger partial charge in [0.1, 0.15) is 0 Å². The van der Waals surface area contributed by atoms with Crippen molar-refractivity contribution in [2.45, 2.75) is 12.8 Å². The summed E-state index contributed by atoms with van der Waals surface area (Å²) in [6.07, 6.45) is 6.96. The Balaban J connectivity index is 1.15. The van der Waals surface area contributed by atoms with Gasteiger partial charge in [-0.05, 0) is 24.1 Å². The summed E-state index contributed by atoms with van der Waals surface area (Å²) in [6, 6.07) is 10.1. The molecule has 146 valence electrons. The van der Waals surface area contributed by atoms with E-state index in [0.717, 1.165) is 50.6 Å². The molecule has 1 fully saturated rings. The summed E-state index contributed by atoms with van der Waals surface area (Å²) in [7, 11) is 0. The number of hydrogen-bond acceptors (Lipinski definition) is 5. The maximum absolute atomic E-state index is 12.2. The quantitative estimate of drug-likeness (QED) is 0.656. The van der Waals surface area contributed by atoms with E-state index in [-0.39, 0.29) is 5.91 Å². The van der Waals surface area contributed by atoms with Gasteiger partial charge in [0.05, 0.1) is 0 Å². The van der Waals surface area contributed by atoms with Crippen LogP contribution in [0.4, 0.5) is 5.95 Å². The second kappa shape index (κ2) is 8.84. The molecule has 0 radical (unpaired) electrons. The van der Waals surface area contributed by atoms with Gasteiger partial charge in [-0.2, -0.15) is 0 Å². The van der Waals surface area contributed by atoms with Crippen LogP contribution in [0.15, 0.2) is 48.9 Å². The summed E-state index contributed by atoms with van der Waals surface area (Å²) in [6.45, 7) is 5.11. The van der Waals surface area contributed by atoms with Gasteiger partial charge in [0.15, 0.2) is 0 Å². The molecule has 0 atom stereocenters. The molecular formula is C21H26N6O. The lowest BCUT2D eigenvalue weighted by atomic mass is 10.1. The molecule has 0 bridgehead atoms. The Kier molecular flexibility index (Phi) is 5.82. The fraction of sp³-hybridized carbons (Fsp3) is 0.381. The number of aromatic amines is 1. The summed E-state index contributed by atoms with van der Waals surface area (Å²) < 4.78 is 0. The van der Waals surface area contributed by atoms with E-state index in [1.807, 2.05) is 24.4 Å². The van der Waals surface area contributed by atoms with Crippen LogP contribution in [0.5, 0.6) is 0 Å². The Morgan fingerprint density at radius 1 is 1.07 bits per heavy atom. The van der Waals surface area contributed by atoms with E-state index in [1.54, 1.807) is 12.4 Å². The Morgan fingerprint density at radius 3 is 2.68 bits per heavy atom. The third-order valence-corrected chi connectivity index (χ3v) is 5.25. The Bertz CT molecular complexity index is 901. The predicted octanol–water partition coefficient (Wildman–Crippen LogP) is 1.83. The number of para-hydroxylation sites is 1. The number of fused-ring (bicyclic) bond motifs is 1. The molecule has 0 unspecified atom stereocenters. The summed E-state index contributed by atoms with van der Waals surface area (Å²) >= 11 is 0. The third-order valence-electron chi connectivity index (χ3n) is 5.25. The van der Waals surface area contributed by atoms with Crippen molar-refractivity contribution in [2.24, 2.45) is 0 Å². The topological polar surface area (TPSA) is 77.2 Å². The van der Waals surface area contributed by atoms with Crippen LogP contribution in [0.1, 0.15) is 12.0 Å². The van der Waals surface area contributed by atoms with Gasteiger partial charge in [-0.1, -0.05) is 18.2 Å². The van der Waals surface area contributed by atoms with Crippen LogP contribution in [-0.4, -0.2) is 65.0 Å². The van der Waals surface area contributed by atoms with Gasteiger partial charge >= 0.3 is 0 Å². The first-order chi connectivity index (χ1) is 13.8. The number of anilines is 1. The van der Waals surface area contributed by atoms with Crippen molar-refractivity contribution in [3.63, 3.8) is 0 Å². The zero-order valence-corrected chi connectivity index (χ0v) is 16.0. The van der Waals surface area contributed by atoms with E-state index in [0.29, 0.717) is 13.0 Å². The smallest absolute Gasteiger partial charge is 0.225 e. The van der Waals surface area contributed by atoms with Crippen LogP contribution in [0.3, 0.4) is 0 Å². The average molecular weight is 378 g/mol. The Labute approximate surface area is 164 Å². The molecule has 1 aromatic carbocycles. The predicted molar refractivity (Wildman–Crippen MR) is 110 cm³/mol. The lowest BCUT2D eigenvalue weighted by Crippen LogP contribution is -2.47. The fourth-order valence-corrected chi connectivity index (χ4v) is 3.65. The SMILES string of the molecule is O=C(CCN1CCN(c2ncccn2)CC1)NCCc1c[nH]c2ccccc12. The number of nitrogens with zero attached hydrogens (tertiary/aromatic N) is 4. The van der Waals surface area contributed by atoms with Gasteiger partial charge in [0.2, 0.25) is 11.9 Å². The minimum absolute atomic E-state index is 0.119. The zero-order valence-electron chi connectivity index (χ0n) is 16.0. The van der Waals surface area contributed by atoms with Gasteiger partial charge in [-0.25, -0.2) is 9.97 Å². The maximum atomic E-state index is 12.2. The summed E-state index contributed by atoms with van der Waals surface area (Å²) in [4.78, 5) is 28.6. The second-order valence-corrected chi connectivity index (χ2v) is 7.09. The largest absolute Gasteiger partial charge is 0.361 e. The Morgan fingerprint density at radius 2 is 1.86 bits per heavy atom. The normalized spacial score (nSPS) is 15.1. The molecule has 2 aromatic heterocycles. The first-order valence-electron chi connectivity index (χ1n) is 9.85. The summed E-state index contributed by atoms with van der Waals surface area (Å²) in [5, 5.41) is 4.28. The summed E-state index contributed by atoms with van der Waals surface area (Å²) in [5.74, 6) is 0.908. The number of carbonyl (C=O) groups excluding carboxylic acids is 1. The van der Waals surface area contributed by atoms with Crippen molar-refractivity contribution in [3.8, 4) is 0 Å². The van der Waals surface area contributed by atoms with Gasteiger partial charge in [0, 0.05) is 75.2 Å². The maximum Gasteiger partial charge on any atom is 0.225 e. The first-order valence-corrected chi connectivity index (χ1v) is 9.85. The van der Waals surface area contributed by atoms with E-state index >= 15 is 0 Å². The van der Waals surface area contributed by atoms with Crippen LogP contribution < -0.4 is 10.2 Å². The number of piperazine rings is 1. The van der Waals surface area contributed by atoms with Crippen molar-refractivity contribution < 1.29 is 4.79 Å². The van der Waals surface area contributed by atoms with E-state index in [2.05, 4.69) is 42.2 Å². The lowest BCUT2D eigenvalue weighted by molar-refractivity contribution is -0.121. The minimum atomic E-state index is 0.119. The molecule has 4 rings (SSSR count). The highest BCUT2D eigenvalue weighted by Gasteiger charge is 2.19. The third kappa shape index (κ3) is 4.48. The molecule has 0 saturated carbocycles. The number of rotatable bonds is 7. The van der Waals surface area contributed by atoms with E-state index in [4.69, 9.17) is 0 Å². The first kappa shape index (κ1) is 18.4. The van der Waals surface area contributed by atoms with Crippen LogP contribution >= 0.6 is 0 Å². The van der Waals surface area contributed by atoms with Crippen LogP contribution in [0, 0.1) is 0 Å². The van der Waals surface area contributed by atoms with Crippen molar-refractivity contribution in [2.75, 3.05) is 44.2 Å². The highest BCUT2D eigenvalue weighted by molar-refractivity contribution is 5.83. The van der Waals surface area contributed by atoms with E-state index in [9.17, 15) is 4.79 Å². The highest BCUT2D eigenvalue weighted by Crippen LogP contribution is 2.17. The van der Waals surface area contributed by atoms with Gasteiger partial charge < -0.3 is 15.2 Å². The Hall–Kier alpha value is -2.93. The van der Waals surface area contributed by atoms with Crippen LogP contribution in [0.25, 0.3) is 10.9 Å². The average Bonchev–Trinajstić information content (AvgIpc) is 3.16. The molecule has 7 heteroatoms. The number of benzene rings is 1. The van der Waals surface area contributed by atoms with Crippen LogP contribution in [-0.2, 0) is 11.2 Å². The molecule has 28 heavy (non-hydrogen) atoms. The molecule has 7 nitrogen and oxygen atoms in total. The molecule has 0 aliphatic carbocycles. The van der Waals surface area contributed by atoms with Crippen molar-refractivity contribution in [1.82, 2.24) is 25.2 Å². The van der Waals surface area contributed by atoms with Crippen molar-refractivity contribution in [1.29, 1.82) is 0 Å². The highest BCUT2D eigenvalue weighted by atomic mass is 16.1. The molecule has 1 saturated heterocycles. The second-order valence-electron chi connectivity index (χ2n) is 7.09. The zero-order chi connectivity index (χ0) is 19.2. The molecule has 0 spiro atoms. The molecule has 2 N–H and O–H groups in total. The molecule has 1 aliphatic heterocycles. The number of aromatic nitrogens is 3. The van der Waals surface area contributed by atoms with Gasteiger partial charge in [-0.3, -0.25) is 9.69 Å². The van der Waals surface area contributed by atoms with Crippen molar-refractivity contribution >= 4 is 22.8 Å². The van der Waals surface area contributed by atoms with Crippen molar-refractivity contribution in [3.05, 3.63) is 54.5 Å². The molecular weight excluding hydrogens is 352 g/mol. The van der Waals surface area contributed by atoms with Gasteiger partial charge in [-0.15, -0.1) is 0 Å². The number of amides is 1. The number of nitrogens with one attached hydrogen (secondary N) is 2. The van der Waals surface area contributed by atoms with E-state index in [1.165, 1.54) is 10.9 Å². The number of hydrogen-bond donors (Lipinski definition) is 2. The molecule has 1 amide bonds.